The predicted octanol–water partition coefficient (Wildman–Crippen LogP) is 5.52. The minimum absolute atomic E-state index is 0.231. The van der Waals surface area contributed by atoms with E-state index < -0.39 is 0 Å². The molecule has 0 amide bonds. The fourth-order valence-electron chi connectivity index (χ4n) is 4.91. The van der Waals surface area contributed by atoms with Crippen LogP contribution in [0.15, 0.2) is 24.3 Å². The van der Waals surface area contributed by atoms with Gasteiger partial charge in [-0.15, -0.1) is 0 Å². The molecule has 0 radical (unpaired) electrons. The molecule has 138 valence electrons. The summed E-state index contributed by atoms with van der Waals surface area (Å²) in [5.41, 5.74) is 7.87. The second-order valence-corrected chi connectivity index (χ2v) is 9.09. The average Bonchev–Trinajstić information content (AvgIpc) is 2.58. The molecular formula is C20H24Cl2N4. The van der Waals surface area contributed by atoms with Crippen LogP contribution in [0.25, 0.3) is 11.3 Å². The fourth-order valence-corrected chi connectivity index (χ4v) is 5.31. The number of hydrogen-bond donors (Lipinski definition) is 2. The Balaban J connectivity index is 1.61. The van der Waals surface area contributed by atoms with Crippen LogP contribution in [0.4, 0.5) is 11.8 Å². The zero-order valence-corrected chi connectivity index (χ0v) is 16.8. The molecule has 4 atom stereocenters. The molecular weight excluding hydrogens is 367 g/mol. The van der Waals surface area contributed by atoms with E-state index in [2.05, 4.69) is 36.1 Å². The SMILES string of the molecule is C[C@H]1[C@H]2C[C@@H](C[C@H]1Nc1cc(-c3cccc(Cl)c3Cl)nc(N)n1)C2(C)C. The third-order valence-corrected chi connectivity index (χ3v) is 7.48. The Kier molecular flexibility index (Phi) is 4.31. The number of fused-ring (bicyclic) bond motifs is 2. The van der Waals surface area contributed by atoms with E-state index in [0.717, 1.165) is 23.2 Å². The van der Waals surface area contributed by atoms with E-state index in [9.17, 15) is 0 Å². The minimum Gasteiger partial charge on any atom is -0.368 e. The maximum atomic E-state index is 6.35. The Morgan fingerprint density at radius 1 is 1.19 bits per heavy atom. The highest BCUT2D eigenvalue weighted by atomic mass is 35.5. The Labute approximate surface area is 164 Å². The zero-order valence-electron chi connectivity index (χ0n) is 15.3. The van der Waals surface area contributed by atoms with Gasteiger partial charge in [0.05, 0.1) is 15.7 Å². The van der Waals surface area contributed by atoms with E-state index in [1.54, 1.807) is 6.07 Å². The summed E-state index contributed by atoms with van der Waals surface area (Å²) in [4.78, 5) is 8.74. The number of aromatic nitrogens is 2. The largest absolute Gasteiger partial charge is 0.368 e. The van der Waals surface area contributed by atoms with Crippen LogP contribution in [0.2, 0.25) is 10.0 Å². The highest BCUT2D eigenvalue weighted by Gasteiger charge is 2.56. The number of benzene rings is 1. The first-order chi connectivity index (χ1) is 12.3. The summed E-state index contributed by atoms with van der Waals surface area (Å²) in [7, 11) is 0. The number of anilines is 2. The summed E-state index contributed by atoms with van der Waals surface area (Å²) in [6.07, 6.45) is 2.52. The van der Waals surface area contributed by atoms with Crippen molar-refractivity contribution < 1.29 is 0 Å². The lowest BCUT2D eigenvalue weighted by atomic mass is 9.45. The lowest BCUT2D eigenvalue weighted by Crippen LogP contribution is -2.58. The topological polar surface area (TPSA) is 63.8 Å². The summed E-state index contributed by atoms with van der Waals surface area (Å²) in [5, 5.41) is 4.59. The fraction of sp³-hybridized carbons (Fsp3) is 0.500. The molecule has 3 N–H and O–H groups in total. The molecule has 3 aliphatic rings. The number of hydrogen-bond acceptors (Lipinski definition) is 4. The molecule has 0 spiro atoms. The van der Waals surface area contributed by atoms with E-state index in [-0.39, 0.29) is 5.95 Å². The third kappa shape index (κ3) is 2.84. The van der Waals surface area contributed by atoms with Gasteiger partial charge in [-0.2, -0.15) is 4.98 Å². The van der Waals surface area contributed by atoms with Gasteiger partial charge in [0.1, 0.15) is 5.82 Å². The summed E-state index contributed by atoms with van der Waals surface area (Å²) >= 11 is 12.5. The highest BCUT2D eigenvalue weighted by molar-refractivity contribution is 6.43. The van der Waals surface area contributed by atoms with Crippen LogP contribution in [0.3, 0.4) is 0 Å². The van der Waals surface area contributed by atoms with Crippen molar-refractivity contribution in [1.82, 2.24) is 9.97 Å². The maximum Gasteiger partial charge on any atom is 0.222 e. The number of nitrogens with zero attached hydrogens (tertiary/aromatic N) is 2. The monoisotopic (exact) mass is 390 g/mol. The van der Waals surface area contributed by atoms with Crippen LogP contribution in [0.5, 0.6) is 0 Å². The van der Waals surface area contributed by atoms with Crippen molar-refractivity contribution in [2.24, 2.45) is 23.2 Å². The van der Waals surface area contributed by atoms with E-state index in [4.69, 9.17) is 28.9 Å². The van der Waals surface area contributed by atoms with Crippen molar-refractivity contribution in [3.63, 3.8) is 0 Å². The smallest absolute Gasteiger partial charge is 0.222 e. The molecule has 3 saturated carbocycles. The minimum atomic E-state index is 0.231. The molecule has 2 aromatic rings. The predicted molar refractivity (Wildman–Crippen MR) is 108 cm³/mol. The molecule has 5 rings (SSSR count). The standard InChI is InChI=1S/C20H24Cl2N4/c1-10-13-7-11(20(13,2)3)8-15(10)24-17-9-16(25-19(23)26-17)12-5-4-6-14(21)18(12)22/h4-6,9-11,13,15H,7-8H2,1-3H3,(H3,23,24,25,26)/t10-,11-,13+,15+/m0/s1. The zero-order chi connectivity index (χ0) is 18.6. The highest BCUT2D eigenvalue weighted by Crippen LogP contribution is 2.61. The van der Waals surface area contributed by atoms with Crippen LogP contribution in [-0.2, 0) is 0 Å². The van der Waals surface area contributed by atoms with Gasteiger partial charge in [0.15, 0.2) is 0 Å². The molecule has 1 aromatic carbocycles. The van der Waals surface area contributed by atoms with Crippen LogP contribution >= 0.6 is 23.2 Å². The molecule has 6 heteroatoms. The summed E-state index contributed by atoms with van der Waals surface area (Å²) in [6.45, 7) is 7.15. The second-order valence-electron chi connectivity index (χ2n) is 8.30. The first-order valence-electron chi connectivity index (χ1n) is 9.13. The summed E-state index contributed by atoms with van der Waals surface area (Å²) in [5.74, 6) is 3.13. The molecule has 1 aromatic heterocycles. The Morgan fingerprint density at radius 2 is 1.96 bits per heavy atom. The van der Waals surface area contributed by atoms with Crippen molar-refractivity contribution >= 4 is 35.0 Å². The van der Waals surface area contributed by atoms with E-state index in [0.29, 0.717) is 33.1 Å². The second kappa shape index (κ2) is 6.28. The van der Waals surface area contributed by atoms with Gasteiger partial charge >= 0.3 is 0 Å². The molecule has 0 saturated heterocycles. The molecule has 4 nitrogen and oxygen atoms in total. The lowest BCUT2D eigenvalue weighted by Gasteiger charge is -2.62. The van der Waals surface area contributed by atoms with Crippen LogP contribution < -0.4 is 11.1 Å². The van der Waals surface area contributed by atoms with Gasteiger partial charge in [0, 0.05) is 17.7 Å². The van der Waals surface area contributed by atoms with E-state index in [1.807, 2.05) is 18.2 Å². The number of rotatable bonds is 3. The average molecular weight is 391 g/mol. The molecule has 2 bridgehead atoms. The van der Waals surface area contributed by atoms with Crippen molar-refractivity contribution in [2.45, 2.75) is 39.7 Å². The summed E-state index contributed by atoms with van der Waals surface area (Å²) in [6, 6.07) is 7.82. The number of nitrogens with one attached hydrogen (secondary N) is 1. The first-order valence-corrected chi connectivity index (χ1v) is 9.88. The van der Waals surface area contributed by atoms with Crippen molar-refractivity contribution in [3.8, 4) is 11.3 Å². The number of nitrogens with two attached hydrogens (primary N) is 1. The van der Waals surface area contributed by atoms with Gasteiger partial charge in [-0.05, 0) is 42.1 Å². The van der Waals surface area contributed by atoms with Crippen LogP contribution in [0, 0.1) is 23.2 Å². The molecule has 0 unspecified atom stereocenters. The van der Waals surface area contributed by atoms with Crippen molar-refractivity contribution in [2.75, 3.05) is 11.1 Å². The Hall–Kier alpha value is -1.52. The molecule has 26 heavy (non-hydrogen) atoms. The van der Waals surface area contributed by atoms with Gasteiger partial charge in [-0.1, -0.05) is 56.1 Å². The Bertz CT molecular complexity index is 852. The van der Waals surface area contributed by atoms with Crippen LogP contribution in [-0.4, -0.2) is 16.0 Å². The van der Waals surface area contributed by atoms with Gasteiger partial charge in [-0.3, -0.25) is 0 Å². The molecule has 1 heterocycles. The maximum absolute atomic E-state index is 6.35. The number of halogens is 2. The van der Waals surface area contributed by atoms with Gasteiger partial charge in [-0.25, -0.2) is 4.98 Å². The summed E-state index contributed by atoms with van der Waals surface area (Å²) < 4.78 is 0. The number of nitrogen functional groups attached to an aromatic ring is 1. The third-order valence-electron chi connectivity index (χ3n) is 6.66. The van der Waals surface area contributed by atoms with E-state index >= 15 is 0 Å². The normalized spacial score (nSPS) is 29.1. The molecule has 0 aliphatic heterocycles. The lowest BCUT2D eigenvalue weighted by molar-refractivity contribution is -0.105. The van der Waals surface area contributed by atoms with Gasteiger partial charge in [0.2, 0.25) is 5.95 Å². The van der Waals surface area contributed by atoms with E-state index in [1.165, 1.54) is 12.8 Å². The van der Waals surface area contributed by atoms with Crippen molar-refractivity contribution in [3.05, 3.63) is 34.3 Å². The molecule has 3 fully saturated rings. The molecule has 3 aliphatic carbocycles. The van der Waals surface area contributed by atoms with Crippen molar-refractivity contribution in [1.29, 1.82) is 0 Å². The van der Waals surface area contributed by atoms with Crippen LogP contribution in [0.1, 0.15) is 33.6 Å². The van der Waals surface area contributed by atoms with Gasteiger partial charge < -0.3 is 11.1 Å². The quantitative estimate of drug-likeness (QED) is 0.724. The first kappa shape index (κ1) is 17.9. The van der Waals surface area contributed by atoms with Gasteiger partial charge in [0.25, 0.3) is 0 Å². The Morgan fingerprint density at radius 3 is 2.65 bits per heavy atom.